The summed E-state index contributed by atoms with van der Waals surface area (Å²) in [7, 11) is 0. The monoisotopic (exact) mass is 469 g/mol. The van der Waals surface area contributed by atoms with Crippen molar-refractivity contribution in [3.8, 4) is 0 Å². The molecule has 3 atom stereocenters. The van der Waals surface area contributed by atoms with Crippen LogP contribution in [0.4, 0.5) is 5.69 Å². The van der Waals surface area contributed by atoms with Crippen molar-refractivity contribution in [2.75, 3.05) is 11.5 Å². The molecule has 1 aliphatic heterocycles. The summed E-state index contributed by atoms with van der Waals surface area (Å²) in [5, 5.41) is 0. The average Bonchev–Trinajstić information content (AvgIpc) is 2.76. The Kier molecular flexibility index (Phi) is 7.88. The standard InChI is InChI=1S/C25H27NO8/c1-15-12-22-20(25(30)32-15)10-11-21(26(22)13-19-8-6-5-7-9-19)24(34-18(4)29)23(33-17(3)28)14-31-16(2)27/h5-12,21,23-24H,13-14H2,1-4H3/t21-,23+,24-/m0/s1. The molecule has 0 bridgehead atoms. The van der Waals surface area contributed by atoms with Gasteiger partial charge >= 0.3 is 23.5 Å². The molecule has 34 heavy (non-hydrogen) atoms. The van der Waals surface area contributed by atoms with Gasteiger partial charge in [0.05, 0.1) is 17.3 Å². The number of anilines is 1. The van der Waals surface area contributed by atoms with Crippen molar-refractivity contribution >= 4 is 29.7 Å². The van der Waals surface area contributed by atoms with Gasteiger partial charge in [-0.1, -0.05) is 36.4 Å². The number of carbonyl (C=O) groups excluding carboxylic acids is 3. The Bertz CT molecular complexity index is 1140. The first-order chi connectivity index (χ1) is 16.2. The van der Waals surface area contributed by atoms with Gasteiger partial charge in [-0.3, -0.25) is 14.4 Å². The van der Waals surface area contributed by atoms with Gasteiger partial charge in [-0.15, -0.1) is 0 Å². The fourth-order valence-corrected chi connectivity index (χ4v) is 3.88. The van der Waals surface area contributed by atoms with Gasteiger partial charge in [-0.05, 0) is 18.6 Å². The minimum atomic E-state index is -1.08. The number of rotatable bonds is 8. The zero-order chi connectivity index (χ0) is 24.8. The first-order valence-electron chi connectivity index (χ1n) is 10.8. The van der Waals surface area contributed by atoms with Crippen LogP contribution in [0.25, 0.3) is 6.08 Å². The average molecular weight is 469 g/mol. The minimum Gasteiger partial charge on any atom is -0.462 e. The van der Waals surface area contributed by atoms with Crippen molar-refractivity contribution in [1.82, 2.24) is 0 Å². The normalized spacial score (nSPS) is 16.2. The van der Waals surface area contributed by atoms with Gasteiger partial charge in [0.15, 0.2) is 12.2 Å². The number of esters is 3. The molecule has 9 nitrogen and oxygen atoms in total. The number of ether oxygens (including phenoxy) is 3. The molecule has 9 heteroatoms. The molecular formula is C25H27NO8. The lowest BCUT2D eigenvalue weighted by Crippen LogP contribution is -2.53. The molecule has 1 aromatic heterocycles. The topological polar surface area (TPSA) is 112 Å². The van der Waals surface area contributed by atoms with Crippen LogP contribution >= 0.6 is 0 Å². The second kappa shape index (κ2) is 10.8. The van der Waals surface area contributed by atoms with E-state index >= 15 is 0 Å². The largest absolute Gasteiger partial charge is 0.462 e. The molecule has 0 amide bonds. The minimum absolute atomic E-state index is 0.306. The van der Waals surface area contributed by atoms with Crippen LogP contribution in [0, 0.1) is 6.92 Å². The van der Waals surface area contributed by atoms with E-state index in [9.17, 15) is 19.2 Å². The zero-order valence-corrected chi connectivity index (χ0v) is 19.5. The van der Waals surface area contributed by atoms with Gasteiger partial charge < -0.3 is 23.5 Å². The zero-order valence-electron chi connectivity index (χ0n) is 19.5. The molecule has 0 aliphatic carbocycles. The van der Waals surface area contributed by atoms with Gasteiger partial charge in [0.25, 0.3) is 0 Å². The summed E-state index contributed by atoms with van der Waals surface area (Å²) < 4.78 is 21.4. The second-order valence-corrected chi connectivity index (χ2v) is 7.93. The molecule has 0 spiro atoms. The van der Waals surface area contributed by atoms with Crippen LogP contribution in [0.3, 0.4) is 0 Å². The second-order valence-electron chi connectivity index (χ2n) is 7.93. The number of carbonyl (C=O) groups is 3. The first kappa shape index (κ1) is 24.8. The van der Waals surface area contributed by atoms with E-state index in [0.717, 1.165) is 5.56 Å². The summed E-state index contributed by atoms with van der Waals surface area (Å²) in [5.41, 5.74) is 1.37. The first-order valence-corrected chi connectivity index (χ1v) is 10.8. The quantitative estimate of drug-likeness (QED) is 0.425. The number of nitrogens with zero attached hydrogens (tertiary/aromatic N) is 1. The smallest absolute Gasteiger partial charge is 0.345 e. The molecule has 0 unspecified atom stereocenters. The predicted octanol–water partition coefficient (Wildman–Crippen LogP) is 2.78. The number of hydrogen-bond acceptors (Lipinski definition) is 9. The van der Waals surface area contributed by atoms with Crippen LogP contribution in [0.1, 0.15) is 37.7 Å². The summed E-state index contributed by atoms with van der Waals surface area (Å²) in [6.07, 6.45) is 1.16. The van der Waals surface area contributed by atoms with Crippen molar-refractivity contribution < 1.29 is 33.0 Å². The number of fused-ring (bicyclic) bond motifs is 1. The van der Waals surface area contributed by atoms with Gasteiger partial charge in [-0.25, -0.2) is 4.79 Å². The number of aryl methyl sites for hydroxylation is 1. The Morgan fingerprint density at radius 3 is 2.32 bits per heavy atom. The van der Waals surface area contributed by atoms with E-state index in [1.54, 1.807) is 25.1 Å². The highest BCUT2D eigenvalue weighted by Crippen LogP contribution is 2.33. The summed E-state index contributed by atoms with van der Waals surface area (Å²) in [4.78, 5) is 49.8. The maximum absolute atomic E-state index is 12.5. The van der Waals surface area contributed by atoms with Crippen molar-refractivity contribution in [2.45, 2.75) is 52.5 Å². The molecule has 2 aromatic rings. The summed E-state index contributed by atoms with van der Waals surface area (Å²) in [6.45, 7) is 5.40. The molecule has 0 saturated heterocycles. The van der Waals surface area contributed by atoms with Crippen LogP contribution in [-0.4, -0.2) is 42.8 Å². The number of hydrogen-bond donors (Lipinski definition) is 0. The highest BCUT2D eigenvalue weighted by Gasteiger charge is 2.40. The molecule has 1 aromatic carbocycles. The summed E-state index contributed by atoms with van der Waals surface area (Å²) in [5.74, 6) is -1.39. The Hall–Kier alpha value is -3.88. The maximum atomic E-state index is 12.5. The molecular weight excluding hydrogens is 442 g/mol. The van der Waals surface area contributed by atoms with E-state index in [0.29, 0.717) is 23.6 Å². The lowest BCUT2D eigenvalue weighted by atomic mass is 9.96. The van der Waals surface area contributed by atoms with Crippen molar-refractivity contribution in [2.24, 2.45) is 0 Å². The molecule has 0 saturated carbocycles. The van der Waals surface area contributed by atoms with Gasteiger partial charge in [-0.2, -0.15) is 0 Å². The molecule has 2 heterocycles. The molecule has 0 fully saturated rings. The molecule has 180 valence electrons. The molecule has 0 radical (unpaired) electrons. The third-order valence-corrected chi connectivity index (χ3v) is 5.19. The molecule has 3 rings (SSSR count). The van der Waals surface area contributed by atoms with E-state index in [-0.39, 0.29) is 6.61 Å². The molecule has 1 aliphatic rings. The Morgan fingerprint density at radius 1 is 1.03 bits per heavy atom. The van der Waals surface area contributed by atoms with Gasteiger partial charge in [0.2, 0.25) is 0 Å². The fourth-order valence-electron chi connectivity index (χ4n) is 3.88. The highest BCUT2D eigenvalue weighted by atomic mass is 16.6. The Balaban J connectivity index is 2.10. The summed E-state index contributed by atoms with van der Waals surface area (Å²) in [6, 6.07) is 10.6. The van der Waals surface area contributed by atoms with Crippen molar-refractivity contribution in [1.29, 1.82) is 0 Å². The van der Waals surface area contributed by atoms with Crippen molar-refractivity contribution in [3.05, 3.63) is 69.8 Å². The van der Waals surface area contributed by atoms with Crippen LogP contribution < -0.4 is 10.5 Å². The predicted molar refractivity (Wildman–Crippen MR) is 123 cm³/mol. The summed E-state index contributed by atoms with van der Waals surface area (Å²) >= 11 is 0. The third kappa shape index (κ3) is 6.12. The lowest BCUT2D eigenvalue weighted by molar-refractivity contribution is -0.173. The highest BCUT2D eigenvalue weighted by molar-refractivity contribution is 5.73. The van der Waals surface area contributed by atoms with E-state index in [1.807, 2.05) is 35.2 Å². The maximum Gasteiger partial charge on any atom is 0.345 e. The molecule has 0 N–H and O–H groups in total. The van der Waals surface area contributed by atoms with E-state index in [4.69, 9.17) is 18.6 Å². The Morgan fingerprint density at radius 2 is 1.71 bits per heavy atom. The van der Waals surface area contributed by atoms with E-state index in [1.165, 1.54) is 20.8 Å². The van der Waals surface area contributed by atoms with Crippen molar-refractivity contribution in [3.63, 3.8) is 0 Å². The van der Waals surface area contributed by atoms with Crippen LogP contribution in [0.15, 0.2) is 51.7 Å². The third-order valence-electron chi connectivity index (χ3n) is 5.19. The van der Waals surface area contributed by atoms with Gasteiger partial charge in [0, 0.05) is 33.4 Å². The fraction of sp³-hybridized carbons (Fsp3) is 0.360. The van der Waals surface area contributed by atoms with Crippen LogP contribution in [0.2, 0.25) is 0 Å². The Labute approximate surface area is 196 Å². The number of benzene rings is 1. The SMILES string of the molecule is CC(=O)OC[C@@H](OC(C)=O)[C@@H](OC(C)=O)[C@@H]1C=Cc2c(cc(C)oc2=O)N1Cc1ccccc1. The van der Waals surface area contributed by atoms with Gasteiger partial charge in [0.1, 0.15) is 12.4 Å². The van der Waals surface area contributed by atoms with Crippen LogP contribution in [0.5, 0.6) is 0 Å². The van der Waals surface area contributed by atoms with Crippen LogP contribution in [-0.2, 0) is 35.1 Å². The van der Waals surface area contributed by atoms with E-state index < -0.39 is 41.8 Å². The van der Waals surface area contributed by atoms with E-state index in [2.05, 4.69) is 0 Å². The lowest BCUT2D eigenvalue weighted by Gasteiger charge is -2.41.